The number of nitrogens with one attached hydrogen (secondary N) is 1. The second-order valence-electron chi connectivity index (χ2n) is 13.1. The number of aryl methyl sites for hydroxylation is 1. The molecule has 42 heavy (non-hydrogen) atoms. The molecule has 1 saturated carbocycles. The predicted octanol–water partition coefficient (Wildman–Crippen LogP) is 4.63. The molecular weight excluding hydrogens is 543 g/mol. The van der Waals surface area contributed by atoms with E-state index in [0.717, 1.165) is 56.2 Å². The number of ether oxygens (including phenoxy) is 1. The lowest BCUT2D eigenvalue weighted by Gasteiger charge is -2.34. The number of hydrogen-bond acceptors (Lipinski definition) is 8. The fourth-order valence-corrected chi connectivity index (χ4v) is 8.09. The van der Waals surface area contributed by atoms with Crippen molar-refractivity contribution in [2.45, 2.75) is 81.6 Å². The Morgan fingerprint density at radius 2 is 1.86 bits per heavy atom. The molecule has 1 aliphatic carbocycles. The minimum Gasteiger partial charge on any atom is -0.461 e. The van der Waals surface area contributed by atoms with Gasteiger partial charge in [-0.3, -0.25) is 4.90 Å². The molecule has 1 aromatic carbocycles. The van der Waals surface area contributed by atoms with Gasteiger partial charge < -0.3 is 20.7 Å². The molecule has 2 bridgehead atoms. The summed E-state index contributed by atoms with van der Waals surface area (Å²) in [7, 11) is 0. The van der Waals surface area contributed by atoms with Gasteiger partial charge in [-0.15, -0.1) is 0 Å². The third-order valence-electron chi connectivity index (χ3n) is 10.1. The summed E-state index contributed by atoms with van der Waals surface area (Å²) in [5, 5.41) is 3.91. The summed E-state index contributed by atoms with van der Waals surface area (Å²) in [5.74, 6) is -0.610. The quantitative estimate of drug-likeness (QED) is 0.437. The van der Waals surface area contributed by atoms with Gasteiger partial charge in [0.05, 0.1) is 16.8 Å². The van der Waals surface area contributed by atoms with E-state index in [2.05, 4.69) is 25.1 Å². The molecule has 3 unspecified atom stereocenters. The number of nitrogens with zero attached hydrogens (tertiary/aromatic N) is 5. The zero-order valence-electron chi connectivity index (χ0n) is 23.8. The Kier molecular flexibility index (Phi) is 6.09. The number of halogens is 3. The fraction of sp³-hybridized carbons (Fsp3) is 0.581. The first-order chi connectivity index (χ1) is 20.3. The molecular formula is C31H36F3N7O. The first kappa shape index (κ1) is 26.4. The van der Waals surface area contributed by atoms with E-state index in [1.165, 1.54) is 6.07 Å². The standard InChI is InChI=1S/C31H36F3N7O/c1-16-9-23(35)37-28(24(16)17-3-4-17)25-22(33)10-21-27(26(25)34)38-30(39-29(21)40-13-19-5-6-20(14-40)36-19)42-15-31-7-2-8-41(31)12-18(32)11-31/h9-10,17-20,36H,2-8,11-15H2,1H3,(H2,35,37)/t18-,19?,20?,31?/m1/s1. The molecule has 11 heteroatoms. The van der Waals surface area contributed by atoms with Crippen LogP contribution in [0.15, 0.2) is 12.1 Å². The van der Waals surface area contributed by atoms with Gasteiger partial charge in [-0.2, -0.15) is 9.97 Å². The SMILES string of the molecule is Cc1cc(N)nc(-c2c(F)cc3c(N4CC5CCC(C4)N5)nc(OCC45CCCN4C[C@H](F)C5)nc3c2F)c1C1CC1. The number of benzene rings is 1. The highest BCUT2D eigenvalue weighted by Crippen LogP contribution is 2.48. The highest BCUT2D eigenvalue weighted by atomic mass is 19.1. The van der Waals surface area contributed by atoms with Crippen molar-refractivity contribution < 1.29 is 17.9 Å². The molecule has 8 rings (SSSR count). The second-order valence-corrected chi connectivity index (χ2v) is 13.1. The lowest BCUT2D eigenvalue weighted by molar-refractivity contribution is 0.107. The molecule has 5 fully saturated rings. The van der Waals surface area contributed by atoms with Gasteiger partial charge in [-0.05, 0) is 81.2 Å². The number of nitrogens with two attached hydrogens (primary N) is 1. The van der Waals surface area contributed by atoms with Crippen molar-refractivity contribution in [1.29, 1.82) is 0 Å². The molecule has 3 N–H and O–H groups in total. The van der Waals surface area contributed by atoms with Crippen molar-refractivity contribution in [2.24, 2.45) is 0 Å². The van der Waals surface area contributed by atoms with Crippen LogP contribution < -0.4 is 20.7 Å². The van der Waals surface area contributed by atoms with E-state index < -0.39 is 23.3 Å². The normalized spacial score (nSPS) is 29.0. The van der Waals surface area contributed by atoms with Crippen molar-refractivity contribution in [2.75, 3.05) is 43.4 Å². The topological polar surface area (TPSA) is 92.4 Å². The summed E-state index contributed by atoms with van der Waals surface area (Å²) in [6.07, 6.45) is 5.33. The first-order valence-corrected chi connectivity index (χ1v) is 15.3. The molecule has 4 atom stereocenters. The Labute approximate surface area is 242 Å². The van der Waals surface area contributed by atoms with Crippen LogP contribution >= 0.6 is 0 Å². The maximum atomic E-state index is 16.7. The summed E-state index contributed by atoms with van der Waals surface area (Å²) in [4.78, 5) is 18.0. The van der Waals surface area contributed by atoms with E-state index in [0.29, 0.717) is 49.3 Å². The van der Waals surface area contributed by atoms with Crippen molar-refractivity contribution in [1.82, 2.24) is 25.2 Å². The van der Waals surface area contributed by atoms with E-state index in [1.54, 1.807) is 6.07 Å². The van der Waals surface area contributed by atoms with E-state index in [9.17, 15) is 4.39 Å². The highest BCUT2D eigenvalue weighted by Gasteiger charge is 2.49. The van der Waals surface area contributed by atoms with Crippen LogP contribution in [0.3, 0.4) is 0 Å². The fourth-order valence-electron chi connectivity index (χ4n) is 8.09. The molecule has 3 aromatic rings. The largest absolute Gasteiger partial charge is 0.461 e. The molecule has 6 heterocycles. The number of nitrogen functional groups attached to an aromatic ring is 1. The third-order valence-corrected chi connectivity index (χ3v) is 10.1. The summed E-state index contributed by atoms with van der Waals surface area (Å²) < 4.78 is 53.4. The molecule has 8 nitrogen and oxygen atoms in total. The maximum absolute atomic E-state index is 16.7. The van der Waals surface area contributed by atoms with Crippen LogP contribution in [-0.2, 0) is 0 Å². The van der Waals surface area contributed by atoms with Gasteiger partial charge >= 0.3 is 6.01 Å². The van der Waals surface area contributed by atoms with Crippen LogP contribution in [0.25, 0.3) is 22.2 Å². The van der Waals surface area contributed by atoms with Crippen molar-refractivity contribution in [3.63, 3.8) is 0 Å². The smallest absolute Gasteiger partial charge is 0.319 e. The third kappa shape index (κ3) is 4.30. The maximum Gasteiger partial charge on any atom is 0.319 e. The lowest BCUT2D eigenvalue weighted by atomic mass is 9.95. The molecule has 5 aliphatic rings. The van der Waals surface area contributed by atoms with Crippen molar-refractivity contribution in [3.05, 3.63) is 34.9 Å². The molecule has 2 aromatic heterocycles. The van der Waals surface area contributed by atoms with Crippen molar-refractivity contribution >= 4 is 22.5 Å². The van der Waals surface area contributed by atoms with Crippen LogP contribution in [0.2, 0.25) is 0 Å². The average Bonchev–Trinajstić information content (AvgIpc) is 3.51. The summed E-state index contributed by atoms with van der Waals surface area (Å²) in [6.45, 7) is 4.73. The number of rotatable bonds is 6. The number of hydrogen-bond donors (Lipinski definition) is 2. The highest BCUT2D eigenvalue weighted by molar-refractivity contribution is 5.94. The van der Waals surface area contributed by atoms with E-state index in [4.69, 9.17) is 15.5 Å². The van der Waals surface area contributed by atoms with Gasteiger partial charge in [-0.1, -0.05) is 0 Å². The molecule has 0 spiro atoms. The molecule has 4 aliphatic heterocycles. The number of aromatic nitrogens is 3. The first-order valence-electron chi connectivity index (χ1n) is 15.3. The Bertz CT molecular complexity index is 1570. The minimum atomic E-state index is -0.892. The Morgan fingerprint density at radius 1 is 1.07 bits per heavy atom. The van der Waals surface area contributed by atoms with Gasteiger partial charge in [0, 0.05) is 43.5 Å². The number of fused-ring (bicyclic) bond motifs is 4. The summed E-state index contributed by atoms with van der Waals surface area (Å²) in [5.41, 5.74) is 7.43. The molecule has 0 amide bonds. The van der Waals surface area contributed by atoms with E-state index in [1.807, 2.05) is 6.92 Å². The van der Waals surface area contributed by atoms with Crippen molar-refractivity contribution in [3.8, 4) is 17.3 Å². The molecule has 0 radical (unpaired) electrons. The van der Waals surface area contributed by atoms with Crippen LogP contribution in [0.5, 0.6) is 6.01 Å². The van der Waals surface area contributed by atoms with E-state index in [-0.39, 0.29) is 41.1 Å². The van der Waals surface area contributed by atoms with Crippen LogP contribution in [-0.4, -0.2) is 76.4 Å². The van der Waals surface area contributed by atoms with E-state index >= 15 is 8.78 Å². The monoisotopic (exact) mass is 579 g/mol. The van der Waals surface area contributed by atoms with Crippen LogP contribution in [0, 0.1) is 18.6 Å². The zero-order chi connectivity index (χ0) is 28.7. The Morgan fingerprint density at radius 3 is 2.62 bits per heavy atom. The molecule has 4 saturated heterocycles. The second kappa shape index (κ2) is 9.67. The van der Waals surface area contributed by atoms with Crippen LogP contribution in [0.4, 0.5) is 24.8 Å². The minimum absolute atomic E-state index is 0.00327. The number of anilines is 2. The number of pyridine rings is 1. The summed E-state index contributed by atoms with van der Waals surface area (Å²) >= 11 is 0. The predicted molar refractivity (Wildman–Crippen MR) is 155 cm³/mol. The van der Waals surface area contributed by atoms with Gasteiger partial charge in [0.15, 0.2) is 5.82 Å². The van der Waals surface area contributed by atoms with Gasteiger partial charge in [-0.25, -0.2) is 18.2 Å². The molecule has 222 valence electrons. The van der Waals surface area contributed by atoms with Gasteiger partial charge in [0.1, 0.15) is 35.7 Å². The lowest BCUT2D eigenvalue weighted by Crippen LogP contribution is -2.51. The summed E-state index contributed by atoms with van der Waals surface area (Å²) in [6, 6.07) is 3.71. The van der Waals surface area contributed by atoms with Gasteiger partial charge in [0.2, 0.25) is 0 Å². The number of piperazine rings is 1. The number of alkyl halides is 1. The van der Waals surface area contributed by atoms with Gasteiger partial charge in [0.25, 0.3) is 0 Å². The van der Waals surface area contributed by atoms with Crippen LogP contribution in [0.1, 0.15) is 62.0 Å². The average molecular weight is 580 g/mol. The zero-order valence-corrected chi connectivity index (χ0v) is 23.8. The Hall–Kier alpha value is -3.18. The Balaban J connectivity index is 1.26.